The average molecular weight is 341 g/mol. The van der Waals surface area contributed by atoms with Crippen LogP contribution in [-0.4, -0.2) is 42.1 Å². The van der Waals surface area contributed by atoms with Crippen LogP contribution in [0.1, 0.15) is 24.8 Å². The first-order valence-corrected chi connectivity index (χ1v) is 9.05. The number of amides is 2. The number of nitrogens with one attached hydrogen (secondary N) is 1. The first-order valence-electron chi connectivity index (χ1n) is 7.52. The fourth-order valence-corrected chi connectivity index (χ4v) is 3.40. The molecule has 1 N–H and O–H groups in total. The molecule has 2 rings (SSSR count). The minimum Gasteiger partial charge on any atom is -0.355 e. The summed E-state index contributed by atoms with van der Waals surface area (Å²) in [6.07, 6.45) is 2.45. The molecule has 120 valence electrons. The van der Waals surface area contributed by atoms with Crippen LogP contribution < -0.4 is 5.32 Å². The molecule has 0 saturated carbocycles. The lowest BCUT2D eigenvalue weighted by Crippen LogP contribution is -2.31. The molecular formula is C16H21ClN2O2S. The third-order valence-corrected chi connectivity index (χ3v) is 4.73. The van der Waals surface area contributed by atoms with Gasteiger partial charge in [0.05, 0.1) is 5.75 Å². The SMILES string of the molecule is O=C(CSCc1cccc(Cl)c1)NCCCN1CCCC1=O. The predicted molar refractivity (Wildman–Crippen MR) is 91.1 cm³/mol. The molecule has 22 heavy (non-hydrogen) atoms. The summed E-state index contributed by atoms with van der Waals surface area (Å²) in [6, 6.07) is 7.68. The Balaban J connectivity index is 1.53. The molecule has 0 unspecified atom stereocenters. The number of benzene rings is 1. The van der Waals surface area contributed by atoms with Crippen molar-refractivity contribution in [2.75, 3.05) is 25.4 Å². The maximum Gasteiger partial charge on any atom is 0.230 e. The fraction of sp³-hybridized carbons (Fsp3) is 0.500. The molecule has 1 aliphatic heterocycles. The van der Waals surface area contributed by atoms with Gasteiger partial charge in [-0.05, 0) is 30.5 Å². The average Bonchev–Trinajstić information content (AvgIpc) is 2.89. The largest absolute Gasteiger partial charge is 0.355 e. The molecule has 0 bridgehead atoms. The Morgan fingerprint density at radius 3 is 3.00 bits per heavy atom. The zero-order chi connectivity index (χ0) is 15.8. The molecule has 0 aliphatic carbocycles. The number of hydrogen-bond donors (Lipinski definition) is 1. The van der Waals surface area contributed by atoms with E-state index in [9.17, 15) is 9.59 Å². The van der Waals surface area contributed by atoms with Gasteiger partial charge in [0, 0.05) is 36.8 Å². The van der Waals surface area contributed by atoms with E-state index in [0.717, 1.165) is 42.3 Å². The van der Waals surface area contributed by atoms with Crippen molar-refractivity contribution in [2.24, 2.45) is 0 Å². The molecule has 0 aromatic heterocycles. The molecule has 0 spiro atoms. The van der Waals surface area contributed by atoms with Gasteiger partial charge in [-0.15, -0.1) is 11.8 Å². The molecule has 1 heterocycles. The maximum absolute atomic E-state index is 11.7. The van der Waals surface area contributed by atoms with Gasteiger partial charge in [0.15, 0.2) is 0 Å². The molecular weight excluding hydrogens is 320 g/mol. The molecule has 2 amide bonds. The number of rotatable bonds is 8. The van der Waals surface area contributed by atoms with Crippen molar-refractivity contribution < 1.29 is 9.59 Å². The Kier molecular flexibility index (Phi) is 7.06. The second kappa shape index (κ2) is 9.06. The van der Waals surface area contributed by atoms with Crippen LogP contribution in [0.15, 0.2) is 24.3 Å². The van der Waals surface area contributed by atoms with E-state index in [2.05, 4.69) is 5.32 Å². The lowest BCUT2D eigenvalue weighted by atomic mass is 10.2. The van der Waals surface area contributed by atoms with Crippen molar-refractivity contribution in [1.29, 1.82) is 0 Å². The van der Waals surface area contributed by atoms with E-state index in [0.29, 0.717) is 18.7 Å². The number of thioether (sulfide) groups is 1. The van der Waals surface area contributed by atoms with E-state index in [-0.39, 0.29) is 11.8 Å². The minimum atomic E-state index is 0.0415. The van der Waals surface area contributed by atoms with Crippen LogP contribution in [0.4, 0.5) is 0 Å². The summed E-state index contributed by atoms with van der Waals surface area (Å²) in [5.41, 5.74) is 1.12. The van der Waals surface area contributed by atoms with Gasteiger partial charge in [0.2, 0.25) is 11.8 Å². The highest BCUT2D eigenvalue weighted by atomic mass is 35.5. The van der Waals surface area contributed by atoms with Gasteiger partial charge >= 0.3 is 0 Å². The highest BCUT2D eigenvalue weighted by Crippen LogP contribution is 2.16. The maximum atomic E-state index is 11.7. The Bertz CT molecular complexity index is 525. The van der Waals surface area contributed by atoms with Crippen molar-refractivity contribution in [3.05, 3.63) is 34.9 Å². The number of likely N-dealkylation sites (tertiary alicyclic amines) is 1. The Morgan fingerprint density at radius 1 is 1.41 bits per heavy atom. The summed E-state index contributed by atoms with van der Waals surface area (Å²) in [4.78, 5) is 25.0. The Labute approximate surface area is 140 Å². The monoisotopic (exact) mass is 340 g/mol. The van der Waals surface area contributed by atoms with Crippen LogP contribution in [0.2, 0.25) is 5.02 Å². The summed E-state index contributed by atoms with van der Waals surface area (Å²) in [7, 11) is 0. The van der Waals surface area contributed by atoms with E-state index in [4.69, 9.17) is 11.6 Å². The smallest absolute Gasteiger partial charge is 0.230 e. The van der Waals surface area contributed by atoms with Crippen molar-refractivity contribution in [3.8, 4) is 0 Å². The fourth-order valence-electron chi connectivity index (χ4n) is 2.38. The van der Waals surface area contributed by atoms with Gasteiger partial charge in [-0.2, -0.15) is 0 Å². The molecule has 1 aromatic carbocycles. The number of hydrogen-bond acceptors (Lipinski definition) is 3. The van der Waals surface area contributed by atoms with Gasteiger partial charge in [-0.1, -0.05) is 23.7 Å². The van der Waals surface area contributed by atoms with Crippen LogP contribution in [0.3, 0.4) is 0 Å². The van der Waals surface area contributed by atoms with Crippen molar-refractivity contribution >= 4 is 35.2 Å². The van der Waals surface area contributed by atoms with Crippen LogP contribution in [0.5, 0.6) is 0 Å². The second-order valence-corrected chi connectivity index (χ2v) is 6.73. The van der Waals surface area contributed by atoms with E-state index >= 15 is 0 Å². The summed E-state index contributed by atoms with van der Waals surface area (Å²) < 4.78 is 0. The van der Waals surface area contributed by atoms with Crippen LogP contribution in [0, 0.1) is 0 Å². The normalized spacial score (nSPS) is 14.4. The summed E-state index contributed by atoms with van der Waals surface area (Å²) in [5, 5.41) is 3.62. The predicted octanol–water partition coefficient (Wildman–Crippen LogP) is 2.70. The molecule has 0 radical (unpaired) electrons. The molecule has 1 aromatic rings. The van der Waals surface area contributed by atoms with Gasteiger partial charge in [0.25, 0.3) is 0 Å². The third-order valence-electron chi connectivity index (χ3n) is 3.49. The van der Waals surface area contributed by atoms with E-state index in [1.165, 1.54) is 0 Å². The zero-order valence-electron chi connectivity index (χ0n) is 12.5. The molecule has 6 heteroatoms. The van der Waals surface area contributed by atoms with E-state index < -0.39 is 0 Å². The quantitative estimate of drug-likeness (QED) is 0.740. The lowest BCUT2D eigenvalue weighted by molar-refractivity contribution is -0.127. The Morgan fingerprint density at radius 2 is 2.27 bits per heavy atom. The topological polar surface area (TPSA) is 49.4 Å². The molecule has 0 atom stereocenters. The van der Waals surface area contributed by atoms with Crippen LogP contribution >= 0.6 is 23.4 Å². The molecule has 1 fully saturated rings. The number of carbonyl (C=O) groups is 2. The third kappa shape index (κ3) is 5.89. The van der Waals surface area contributed by atoms with E-state index in [1.807, 2.05) is 29.2 Å². The Hall–Kier alpha value is -1.20. The van der Waals surface area contributed by atoms with E-state index in [1.54, 1.807) is 11.8 Å². The van der Waals surface area contributed by atoms with Crippen LogP contribution in [-0.2, 0) is 15.3 Å². The summed E-state index contributed by atoms with van der Waals surface area (Å²) >= 11 is 7.49. The molecule has 1 aliphatic rings. The van der Waals surface area contributed by atoms with Gasteiger partial charge in [-0.25, -0.2) is 0 Å². The summed E-state index contributed by atoms with van der Waals surface area (Å²) in [6.45, 7) is 2.23. The highest BCUT2D eigenvalue weighted by Gasteiger charge is 2.18. The second-order valence-electron chi connectivity index (χ2n) is 5.31. The molecule has 1 saturated heterocycles. The highest BCUT2D eigenvalue weighted by molar-refractivity contribution is 7.99. The molecule has 4 nitrogen and oxygen atoms in total. The lowest BCUT2D eigenvalue weighted by Gasteiger charge is -2.15. The summed E-state index contributed by atoms with van der Waals surface area (Å²) in [5.74, 6) is 1.49. The van der Waals surface area contributed by atoms with Crippen molar-refractivity contribution in [1.82, 2.24) is 10.2 Å². The first kappa shape index (κ1) is 17.2. The number of carbonyl (C=O) groups excluding carboxylic acids is 2. The van der Waals surface area contributed by atoms with Gasteiger partial charge < -0.3 is 10.2 Å². The van der Waals surface area contributed by atoms with Crippen LogP contribution in [0.25, 0.3) is 0 Å². The number of nitrogens with zero attached hydrogens (tertiary/aromatic N) is 1. The van der Waals surface area contributed by atoms with Crippen molar-refractivity contribution in [3.63, 3.8) is 0 Å². The van der Waals surface area contributed by atoms with Gasteiger partial charge in [0.1, 0.15) is 0 Å². The zero-order valence-corrected chi connectivity index (χ0v) is 14.1. The first-order chi connectivity index (χ1) is 10.6. The standard InChI is InChI=1S/C16H21ClN2O2S/c17-14-5-1-4-13(10-14)11-22-12-15(20)18-7-3-9-19-8-2-6-16(19)21/h1,4-5,10H,2-3,6-9,11-12H2,(H,18,20). The minimum absolute atomic E-state index is 0.0415. The van der Waals surface area contributed by atoms with Gasteiger partial charge in [-0.3, -0.25) is 9.59 Å². The number of halogens is 1. The van der Waals surface area contributed by atoms with Crippen molar-refractivity contribution in [2.45, 2.75) is 25.0 Å².